The average molecular weight is 288 g/mol. The lowest BCUT2D eigenvalue weighted by Gasteiger charge is -2.15. The molecule has 0 aliphatic heterocycles. The molecule has 18 heavy (non-hydrogen) atoms. The minimum atomic E-state index is 0.268. The molecule has 1 aromatic carbocycles. The van der Waals surface area contributed by atoms with Crippen molar-refractivity contribution in [2.75, 3.05) is 13.2 Å². The van der Waals surface area contributed by atoms with Crippen molar-refractivity contribution in [1.29, 1.82) is 0 Å². The van der Waals surface area contributed by atoms with E-state index in [1.165, 1.54) is 0 Å². The van der Waals surface area contributed by atoms with Crippen molar-refractivity contribution >= 4 is 23.2 Å². The first kappa shape index (κ1) is 15.4. The van der Waals surface area contributed by atoms with E-state index in [1.54, 1.807) is 0 Å². The molecule has 1 aromatic rings. The van der Waals surface area contributed by atoms with Crippen LogP contribution in [0.5, 0.6) is 5.75 Å². The van der Waals surface area contributed by atoms with Gasteiger partial charge in [-0.1, -0.05) is 42.8 Å². The minimum Gasteiger partial charge on any atom is -0.486 e. The molecule has 1 unspecified atom stereocenters. The first-order valence-electron chi connectivity index (χ1n) is 6.03. The van der Waals surface area contributed by atoms with Crippen LogP contribution in [0.2, 0.25) is 5.02 Å². The fourth-order valence-electron chi connectivity index (χ4n) is 1.54. The van der Waals surface area contributed by atoms with Gasteiger partial charge in [-0.25, -0.2) is 0 Å². The van der Waals surface area contributed by atoms with Gasteiger partial charge < -0.3 is 10.1 Å². The first-order valence-corrected chi connectivity index (χ1v) is 6.79. The molecule has 1 rings (SSSR count). The van der Waals surface area contributed by atoms with Crippen LogP contribution < -0.4 is 10.1 Å². The Kier molecular flexibility index (Phi) is 6.55. The molecular formula is C14H19Cl2NO. The topological polar surface area (TPSA) is 21.3 Å². The highest BCUT2D eigenvalue weighted by Gasteiger charge is 2.08. The molecule has 0 heterocycles. The quantitative estimate of drug-likeness (QED) is 0.795. The lowest BCUT2D eigenvalue weighted by molar-refractivity contribution is 0.359. The molecule has 0 aromatic heterocycles. The van der Waals surface area contributed by atoms with E-state index >= 15 is 0 Å². The molecule has 0 fully saturated rings. The Bertz CT molecular complexity index is 407. The summed E-state index contributed by atoms with van der Waals surface area (Å²) in [5.74, 6) is 0.630. The molecule has 0 saturated heterocycles. The Balaban J connectivity index is 2.69. The van der Waals surface area contributed by atoms with Crippen molar-refractivity contribution in [1.82, 2.24) is 5.32 Å². The summed E-state index contributed by atoms with van der Waals surface area (Å²) < 4.78 is 5.43. The van der Waals surface area contributed by atoms with Crippen molar-refractivity contribution in [3.8, 4) is 5.75 Å². The third-order valence-corrected chi connectivity index (χ3v) is 2.95. The number of benzene rings is 1. The molecule has 0 amide bonds. The lowest BCUT2D eigenvalue weighted by atomic mass is 10.1. The Morgan fingerprint density at radius 3 is 2.78 bits per heavy atom. The Morgan fingerprint density at radius 1 is 1.50 bits per heavy atom. The van der Waals surface area contributed by atoms with Gasteiger partial charge in [-0.3, -0.25) is 0 Å². The fourth-order valence-corrected chi connectivity index (χ4v) is 1.84. The van der Waals surface area contributed by atoms with Crippen LogP contribution >= 0.6 is 23.2 Å². The van der Waals surface area contributed by atoms with Gasteiger partial charge in [0.15, 0.2) is 0 Å². The van der Waals surface area contributed by atoms with Crippen LogP contribution in [-0.2, 0) is 0 Å². The summed E-state index contributed by atoms with van der Waals surface area (Å²) in [6, 6.07) is 6.06. The zero-order valence-corrected chi connectivity index (χ0v) is 12.3. The smallest absolute Gasteiger partial charge is 0.138 e. The second kappa shape index (κ2) is 7.67. The average Bonchev–Trinajstić information content (AvgIpc) is 2.34. The zero-order valence-electron chi connectivity index (χ0n) is 10.8. The molecule has 4 heteroatoms. The number of halogens is 2. The van der Waals surface area contributed by atoms with Gasteiger partial charge in [0.1, 0.15) is 12.4 Å². The van der Waals surface area contributed by atoms with Crippen LogP contribution in [0.25, 0.3) is 0 Å². The van der Waals surface area contributed by atoms with Gasteiger partial charge in [0.25, 0.3) is 0 Å². The maximum absolute atomic E-state index is 6.17. The minimum absolute atomic E-state index is 0.268. The van der Waals surface area contributed by atoms with E-state index in [1.807, 2.05) is 18.2 Å². The largest absolute Gasteiger partial charge is 0.486 e. The molecule has 0 saturated carbocycles. The Labute approximate surface area is 119 Å². The summed E-state index contributed by atoms with van der Waals surface area (Å²) in [6.45, 7) is 9.08. The molecule has 100 valence electrons. The van der Waals surface area contributed by atoms with E-state index in [-0.39, 0.29) is 12.6 Å². The van der Waals surface area contributed by atoms with E-state index in [0.717, 1.165) is 18.5 Å². The van der Waals surface area contributed by atoms with Crippen molar-refractivity contribution < 1.29 is 4.74 Å². The van der Waals surface area contributed by atoms with Crippen LogP contribution in [0.3, 0.4) is 0 Å². The normalized spacial score (nSPS) is 12.2. The molecule has 0 aliphatic rings. The van der Waals surface area contributed by atoms with Gasteiger partial charge in [-0.15, -0.1) is 0 Å². The highest BCUT2D eigenvalue weighted by molar-refractivity contribution is 6.32. The fraction of sp³-hybridized carbons (Fsp3) is 0.429. The zero-order chi connectivity index (χ0) is 13.5. The predicted octanol–water partition coefficient (Wildman–Crippen LogP) is 4.53. The molecule has 1 N–H and O–H groups in total. The van der Waals surface area contributed by atoms with Crippen LogP contribution in [0.4, 0.5) is 0 Å². The third-order valence-electron chi connectivity index (χ3n) is 2.54. The molecule has 0 aliphatic carbocycles. The Hall–Kier alpha value is -0.700. The van der Waals surface area contributed by atoms with Crippen molar-refractivity contribution in [2.45, 2.75) is 26.3 Å². The van der Waals surface area contributed by atoms with Crippen LogP contribution in [0.15, 0.2) is 29.8 Å². The van der Waals surface area contributed by atoms with E-state index in [2.05, 4.69) is 25.7 Å². The Morgan fingerprint density at radius 2 is 2.22 bits per heavy atom. The summed E-state index contributed by atoms with van der Waals surface area (Å²) in [6.07, 6.45) is 1.11. The summed E-state index contributed by atoms with van der Waals surface area (Å²) in [5, 5.41) is 4.46. The van der Waals surface area contributed by atoms with Gasteiger partial charge in [0.05, 0.1) is 5.02 Å². The predicted molar refractivity (Wildman–Crippen MR) is 78.6 cm³/mol. The summed E-state index contributed by atoms with van der Waals surface area (Å²) in [5.41, 5.74) is 1.14. The van der Waals surface area contributed by atoms with Gasteiger partial charge >= 0.3 is 0 Å². The van der Waals surface area contributed by atoms with E-state index in [4.69, 9.17) is 27.9 Å². The number of rotatable bonds is 7. The van der Waals surface area contributed by atoms with Crippen LogP contribution in [0.1, 0.15) is 31.9 Å². The molecule has 0 bridgehead atoms. The summed E-state index contributed by atoms with van der Waals surface area (Å²) in [7, 11) is 0. The van der Waals surface area contributed by atoms with Crippen molar-refractivity contribution in [3.05, 3.63) is 40.4 Å². The van der Waals surface area contributed by atoms with E-state index < -0.39 is 0 Å². The molecule has 0 spiro atoms. The number of ether oxygens (including phenoxy) is 1. The van der Waals surface area contributed by atoms with Gasteiger partial charge in [-0.2, -0.15) is 0 Å². The highest BCUT2D eigenvalue weighted by Crippen LogP contribution is 2.28. The molecule has 2 nitrogen and oxygen atoms in total. The monoisotopic (exact) mass is 287 g/mol. The first-order chi connectivity index (χ1) is 8.54. The van der Waals surface area contributed by atoms with Crippen LogP contribution in [-0.4, -0.2) is 13.2 Å². The van der Waals surface area contributed by atoms with Crippen molar-refractivity contribution in [2.24, 2.45) is 0 Å². The maximum Gasteiger partial charge on any atom is 0.138 e. The third kappa shape index (κ3) is 4.89. The second-order valence-corrected chi connectivity index (χ2v) is 5.11. The number of nitrogens with one attached hydrogen (secondary N) is 1. The molecular weight excluding hydrogens is 269 g/mol. The van der Waals surface area contributed by atoms with Gasteiger partial charge in [-0.05, 0) is 37.6 Å². The highest BCUT2D eigenvalue weighted by atomic mass is 35.5. The molecule has 1 atom stereocenters. The summed E-state index contributed by atoms with van der Waals surface area (Å²) >= 11 is 11.8. The van der Waals surface area contributed by atoms with E-state index in [9.17, 15) is 0 Å². The standard InChI is InChI=1S/C14H19Cl2NO/c1-4-7-17-11(3)12-5-6-14(13(16)8-12)18-9-10(2)15/h5-6,8,11,17H,2,4,7,9H2,1,3H3. The second-order valence-electron chi connectivity index (χ2n) is 4.17. The van der Waals surface area contributed by atoms with Gasteiger partial charge in [0.2, 0.25) is 0 Å². The lowest BCUT2D eigenvalue weighted by Crippen LogP contribution is -2.19. The number of hydrogen-bond donors (Lipinski definition) is 1. The van der Waals surface area contributed by atoms with Gasteiger partial charge in [0, 0.05) is 11.1 Å². The van der Waals surface area contributed by atoms with Crippen molar-refractivity contribution in [3.63, 3.8) is 0 Å². The number of hydrogen-bond acceptors (Lipinski definition) is 2. The maximum atomic E-state index is 6.17. The van der Waals surface area contributed by atoms with Crippen LogP contribution in [0, 0.1) is 0 Å². The SMILES string of the molecule is C=C(Cl)COc1ccc(C(C)NCCC)cc1Cl. The summed E-state index contributed by atoms with van der Waals surface area (Å²) in [4.78, 5) is 0. The molecule has 0 radical (unpaired) electrons. The van der Waals surface area contributed by atoms with E-state index in [0.29, 0.717) is 15.8 Å².